The lowest BCUT2D eigenvalue weighted by molar-refractivity contribution is 0.392. The zero-order chi connectivity index (χ0) is 24.5. The van der Waals surface area contributed by atoms with Crippen molar-refractivity contribution in [3.8, 4) is 6.07 Å². The number of pyridine rings is 1. The van der Waals surface area contributed by atoms with Gasteiger partial charge in [0.15, 0.2) is 0 Å². The lowest BCUT2D eigenvalue weighted by atomic mass is 10.1. The molecule has 2 aromatic heterocycles. The van der Waals surface area contributed by atoms with Gasteiger partial charge < -0.3 is 9.84 Å². The van der Waals surface area contributed by atoms with E-state index in [1.807, 2.05) is 13.8 Å². The van der Waals surface area contributed by atoms with Crippen LogP contribution in [0.4, 0.5) is 10.1 Å². The Labute approximate surface area is 201 Å². The number of nitriles is 1. The van der Waals surface area contributed by atoms with Gasteiger partial charge in [-0.15, -0.1) is 0 Å². The summed E-state index contributed by atoms with van der Waals surface area (Å²) < 4.78 is 45.8. The van der Waals surface area contributed by atoms with Gasteiger partial charge in [0.2, 0.25) is 9.84 Å². The van der Waals surface area contributed by atoms with E-state index in [0.29, 0.717) is 41.5 Å². The zero-order valence-corrected chi connectivity index (χ0v) is 20.0. The summed E-state index contributed by atoms with van der Waals surface area (Å²) >= 11 is 5.84. The third-order valence-corrected chi connectivity index (χ3v) is 7.59. The molecule has 0 aliphatic heterocycles. The van der Waals surface area contributed by atoms with E-state index in [0.717, 1.165) is 35.2 Å². The van der Waals surface area contributed by atoms with E-state index >= 15 is 0 Å². The number of halogens is 2. The Kier molecular flexibility index (Phi) is 6.55. The van der Waals surface area contributed by atoms with Crippen LogP contribution >= 0.6 is 11.6 Å². The molecule has 0 fully saturated rings. The molecule has 34 heavy (non-hydrogen) atoms. The minimum absolute atomic E-state index is 0.0879. The SMILES string of the molecule is Cc1noc(C)c1CCCNc1c(S(=O)(=O)c2ccc(F)c(Cl)c2)cnc2ccc(C#N)cc12. The van der Waals surface area contributed by atoms with Crippen LogP contribution in [0.3, 0.4) is 0 Å². The number of anilines is 1. The molecule has 10 heteroatoms. The molecular weight excluding hydrogens is 479 g/mol. The first-order valence-corrected chi connectivity index (χ1v) is 12.3. The Morgan fingerprint density at radius 1 is 1.21 bits per heavy atom. The summed E-state index contributed by atoms with van der Waals surface area (Å²) in [5.41, 5.74) is 3.06. The van der Waals surface area contributed by atoms with E-state index in [1.165, 1.54) is 6.20 Å². The van der Waals surface area contributed by atoms with Gasteiger partial charge in [-0.25, -0.2) is 12.8 Å². The van der Waals surface area contributed by atoms with Crippen molar-refractivity contribution in [1.82, 2.24) is 10.1 Å². The first-order chi connectivity index (χ1) is 16.2. The van der Waals surface area contributed by atoms with E-state index in [1.54, 1.807) is 18.2 Å². The van der Waals surface area contributed by atoms with Crippen LogP contribution in [-0.4, -0.2) is 25.1 Å². The number of benzene rings is 2. The number of fused-ring (bicyclic) bond motifs is 1. The van der Waals surface area contributed by atoms with Crippen LogP contribution in [0.2, 0.25) is 5.02 Å². The van der Waals surface area contributed by atoms with Crippen molar-refractivity contribution >= 4 is 38.0 Å². The summed E-state index contributed by atoms with van der Waals surface area (Å²) in [5.74, 6) is 0.0376. The van der Waals surface area contributed by atoms with Crippen molar-refractivity contribution in [1.29, 1.82) is 5.26 Å². The fourth-order valence-corrected chi connectivity index (χ4v) is 5.40. The highest BCUT2D eigenvalue weighted by atomic mass is 35.5. The van der Waals surface area contributed by atoms with Crippen molar-refractivity contribution < 1.29 is 17.3 Å². The van der Waals surface area contributed by atoms with E-state index in [9.17, 15) is 18.1 Å². The highest BCUT2D eigenvalue weighted by molar-refractivity contribution is 7.91. The maximum Gasteiger partial charge on any atom is 0.210 e. The number of aryl methyl sites for hydroxylation is 2. The first kappa shape index (κ1) is 23.7. The van der Waals surface area contributed by atoms with Crippen molar-refractivity contribution in [2.75, 3.05) is 11.9 Å². The maximum absolute atomic E-state index is 13.6. The van der Waals surface area contributed by atoms with E-state index in [-0.39, 0.29) is 14.8 Å². The van der Waals surface area contributed by atoms with Crippen LogP contribution < -0.4 is 5.32 Å². The summed E-state index contributed by atoms with van der Waals surface area (Å²) in [6, 6.07) is 10.2. The van der Waals surface area contributed by atoms with E-state index in [2.05, 4.69) is 21.5 Å². The summed E-state index contributed by atoms with van der Waals surface area (Å²) in [6.45, 7) is 4.16. The smallest absolute Gasteiger partial charge is 0.210 e. The van der Waals surface area contributed by atoms with E-state index < -0.39 is 15.7 Å². The first-order valence-electron chi connectivity index (χ1n) is 10.4. The average molecular weight is 499 g/mol. The summed E-state index contributed by atoms with van der Waals surface area (Å²) in [5, 5.41) is 16.7. The molecule has 1 N–H and O–H groups in total. The number of hydrogen-bond acceptors (Lipinski definition) is 7. The Morgan fingerprint density at radius 2 is 2.00 bits per heavy atom. The molecule has 0 unspecified atom stereocenters. The zero-order valence-electron chi connectivity index (χ0n) is 18.4. The van der Waals surface area contributed by atoms with Gasteiger partial charge in [-0.1, -0.05) is 16.8 Å². The molecule has 174 valence electrons. The summed E-state index contributed by atoms with van der Waals surface area (Å²) in [6.07, 6.45) is 2.63. The van der Waals surface area contributed by atoms with Gasteiger partial charge in [0, 0.05) is 23.7 Å². The van der Waals surface area contributed by atoms with Gasteiger partial charge in [0.1, 0.15) is 16.5 Å². The maximum atomic E-state index is 13.6. The largest absolute Gasteiger partial charge is 0.383 e. The molecule has 7 nitrogen and oxygen atoms in total. The predicted octanol–water partition coefficient (Wildman–Crippen LogP) is 5.38. The molecule has 2 heterocycles. The molecule has 0 saturated heterocycles. The topological polar surface area (TPSA) is 109 Å². The monoisotopic (exact) mass is 498 g/mol. The molecule has 4 aromatic rings. The molecule has 0 aliphatic carbocycles. The Balaban J connectivity index is 1.75. The molecule has 0 saturated carbocycles. The van der Waals surface area contributed by atoms with E-state index in [4.69, 9.17) is 16.1 Å². The fourth-order valence-electron chi connectivity index (χ4n) is 3.74. The second kappa shape index (κ2) is 9.41. The van der Waals surface area contributed by atoms with Crippen LogP contribution in [0, 0.1) is 31.0 Å². The number of nitrogens with zero attached hydrogens (tertiary/aromatic N) is 3. The van der Waals surface area contributed by atoms with Gasteiger partial charge in [-0.3, -0.25) is 4.98 Å². The molecule has 0 aliphatic rings. The quantitative estimate of drug-likeness (QED) is 0.269. The van der Waals surface area contributed by atoms with Gasteiger partial charge >= 0.3 is 0 Å². The lowest BCUT2D eigenvalue weighted by Gasteiger charge is -2.16. The number of rotatable bonds is 7. The normalized spacial score (nSPS) is 11.5. The Hall–Kier alpha value is -3.48. The fraction of sp³-hybridized carbons (Fsp3) is 0.208. The molecule has 0 spiro atoms. The molecule has 2 aromatic carbocycles. The van der Waals surface area contributed by atoms with Crippen LogP contribution in [0.15, 0.2) is 56.9 Å². The second-order valence-corrected chi connectivity index (χ2v) is 10.1. The summed E-state index contributed by atoms with van der Waals surface area (Å²) in [4.78, 5) is 4.04. The van der Waals surface area contributed by atoms with Crippen LogP contribution in [0.25, 0.3) is 10.9 Å². The third-order valence-electron chi connectivity index (χ3n) is 5.54. The molecule has 0 amide bonds. The van der Waals surface area contributed by atoms with Crippen LogP contribution in [0.5, 0.6) is 0 Å². The minimum atomic E-state index is -4.10. The van der Waals surface area contributed by atoms with Crippen molar-refractivity contribution in [3.05, 3.63) is 76.0 Å². The lowest BCUT2D eigenvalue weighted by Crippen LogP contribution is -2.11. The van der Waals surface area contributed by atoms with Crippen molar-refractivity contribution in [3.63, 3.8) is 0 Å². The molecule has 0 bridgehead atoms. The molecule has 4 rings (SSSR count). The molecule has 0 atom stereocenters. The van der Waals surface area contributed by atoms with Gasteiger partial charge in [0.05, 0.1) is 38.4 Å². The Bertz CT molecular complexity index is 1520. The summed E-state index contributed by atoms with van der Waals surface area (Å²) in [7, 11) is -4.10. The van der Waals surface area contributed by atoms with Gasteiger partial charge in [-0.05, 0) is 63.1 Å². The number of nitrogens with one attached hydrogen (secondary N) is 1. The standard InChI is InChI=1S/C24H20ClFN4O3S/c1-14-18(15(2)33-30-14)4-3-9-28-24-19-10-16(12-27)5-8-22(19)29-13-23(24)34(31,32)17-6-7-21(26)20(25)11-17/h5-8,10-11,13H,3-4,9H2,1-2H3,(H,28,29). The highest BCUT2D eigenvalue weighted by Crippen LogP contribution is 2.34. The Morgan fingerprint density at radius 3 is 2.68 bits per heavy atom. The second-order valence-electron chi connectivity index (χ2n) is 7.75. The number of hydrogen-bond donors (Lipinski definition) is 1. The van der Waals surface area contributed by atoms with Crippen LogP contribution in [-0.2, 0) is 16.3 Å². The highest BCUT2D eigenvalue weighted by Gasteiger charge is 2.25. The van der Waals surface area contributed by atoms with Gasteiger partial charge in [0.25, 0.3) is 0 Å². The van der Waals surface area contributed by atoms with Crippen LogP contribution in [0.1, 0.15) is 29.0 Å². The molecule has 0 radical (unpaired) electrons. The van der Waals surface area contributed by atoms with Crippen molar-refractivity contribution in [2.24, 2.45) is 0 Å². The van der Waals surface area contributed by atoms with Gasteiger partial charge in [-0.2, -0.15) is 5.26 Å². The predicted molar refractivity (Wildman–Crippen MR) is 126 cm³/mol. The average Bonchev–Trinajstić information content (AvgIpc) is 3.14. The number of aromatic nitrogens is 2. The minimum Gasteiger partial charge on any atom is -0.383 e. The number of sulfone groups is 1. The molecular formula is C24H20ClFN4O3S. The van der Waals surface area contributed by atoms with Crippen molar-refractivity contribution in [2.45, 2.75) is 36.5 Å². The third kappa shape index (κ3) is 4.47.